The van der Waals surface area contributed by atoms with Crippen LogP contribution < -0.4 is 41.9 Å². The van der Waals surface area contributed by atoms with Gasteiger partial charge in [-0.3, -0.25) is 0 Å². The monoisotopic (exact) mass is 1190 g/mol. The highest BCUT2D eigenvalue weighted by atomic mass is 16.5. The maximum Gasteiger partial charge on any atom is 0.133 e. The summed E-state index contributed by atoms with van der Waals surface area (Å²) >= 11 is 0. The first kappa shape index (κ1) is 62.8. The van der Waals surface area contributed by atoms with Crippen LogP contribution in [0.25, 0.3) is 0 Å². The van der Waals surface area contributed by atoms with Crippen molar-refractivity contribution in [3.05, 3.63) is 212 Å². The molecule has 4 aliphatic rings. The summed E-state index contributed by atoms with van der Waals surface area (Å²) in [6, 6.07) is 49.8. The Labute approximate surface area is 532 Å². The Balaban J connectivity index is 0.000000184. The van der Waals surface area contributed by atoms with Crippen LogP contribution in [0, 0.1) is 85.0 Å². The standard InChI is InChI=1S/C41H50N2O2.C40H48N2O2/c1-26-6-8-31(9-7-26)32-18-20-41(21-19-32,33-22-27(2)39(28(3)23-33)44-37-14-10-35(42)11-15-37)34-24-29(4)40(30(5)25-34)45-38-16-12-36(43)13-17-38;1-26-22-32(23-27(2)38(26)43-36-14-10-34(41)11-15-36)40(20-18-31(19-21-40)30-8-6-5-7-9-30)33-24-28(3)39(29(4)25-33)44-37-16-12-35(42)13-17-37/h10-17,22-26,31-32H,6-9,18-21,42-43H2,1-5H3;10-17,22-25,30-31H,5-9,18-21,41-42H2,1-4H3. The number of hydrogen-bond acceptors (Lipinski definition) is 8. The molecule has 8 aromatic rings. The molecule has 0 radical (unpaired) electrons. The van der Waals surface area contributed by atoms with Crippen LogP contribution in [0.2, 0.25) is 0 Å². The maximum atomic E-state index is 6.42. The largest absolute Gasteiger partial charge is 0.457 e. The van der Waals surface area contributed by atoms with Crippen molar-refractivity contribution in [1.82, 2.24) is 0 Å². The van der Waals surface area contributed by atoms with E-state index in [9.17, 15) is 0 Å². The fourth-order valence-electron chi connectivity index (χ4n) is 16.2. The molecule has 8 N–H and O–H groups in total. The second-order valence-electron chi connectivity index (χ2n) is 27.7. The molecular weight excluding hydrogens is 1090 g/mol. The Morgan fingerprint density at radius 3 is 0.730 bits per heavy atom. The summed E-state index contributed by atoms with van der Waals surface area (Å²) in [5.74, 6) is 11.3. The maximum absolute atomic E-state index is 6.42. The van der Waals surface area contributed by atoms with E-state index in [-0.39, 0.29) is 10.8 Å². The minimum Gasteiger partial charge on any atom is -0.457 e. The quantitative estimate of drug-likeness (QED) is 0.0789. The molecule has 0 spiro atoms. The first-order chi connectivity index (χ1) is 42.8. The van der Waals surface area contributed by atoms with E-state index in [1.54, 1.807) is 0 Å². The Morgan fingerprint density at radius 2 is 0.494 bits per heavy atom. The molecule has 8 nitrogen and oxygen atoms in total. The summed E-state index contributed by atoms with van der Waals surface area (Å²) in [6.07, 6.45) is 22.5. The van der Waals surface area contributed by atoms with Crippen molar-refractivity contribution < 1.29 is 18.9 Å². The van der Waals surface area contributed by atoms with Crippen molar-refractivity contribution in [2.45, 2.75) is 182 Å². The predicted molar refractivity (Wildman–Crippen MR) is 371 cm³/mol. The highest BCUT2D eigenvalue weighted by molar-refractivity contribution is 5.58. The van der Waals surface area contributed by atoms with Gasteiger partial charge in [-0.05, 0) is 313 Å². The molecule has 12 rings (SSSR count). The average Bonchev–Trinajstić information content (AvgIpc) is 0.807. The van der Waals surface area contributed by atoms with Crippen molar-refractivity contribution in [3.8, 4) is 46.0 Å². The zero-order valence-electron chi connectivity index (χ0n) is 54.7. The van der Waals surface area contributed by atoms with Crippen LogP contribution >= 0.6 is 0 Å². The van der Waals surface area contributed by atoms with Gasteiger partial charge in [0.1, 0.15) is 46.0 Å². The van der Waals surface area contributed by atoms with Gasteiger partial charge in [-0.15, -0.1) is 0 Å². The topological polar surface area (TPSA) is 141 Å². The Morgan fingerprint density at radius 1 is 0.281 bits per heavy atom. The van der Waals surface area contributed by atoms with Crippen LogP contribution in [-0.4, -0.2) is 0 Å². The van der Waals surface area contributed by atoms with E-state index < -0.39 is 0 Å². The van der Waals surface area contributed by atoms with E-state index in [0.717, 1.165) is 111 Å². The smallest absolute Gasteiger partial charge is 0.133 e. The first-order valence-electron chi connectivity index (χ1n) is 33.4. The molecule has 0 amide bonds. The summed E-state index contributed by atoms with van der Waals surface area (Å²) in [5, 5.41) is 0. The normalized spacial score (nSPS) is 18.8. The molecule has 4 saturated carbocycles. The highest BCUT2D eigenvalue weighted by Gasteiger charge is 2.43. The number of ether oxygens (including phenoxy) is 4. The fourth-order valence-corrected chi connectivity index (χ4v) is 16.2. The summed E-state index contributed by atoms with van der Waals surface area (Å²) in [7, 11) is 0. The van der Waals surface area contributed by atoms with Crippen molar-refractivity contribution in [2.75, 3.05) is 22.9 Å². The van der Waals surface area contributed by atoms with E-state index in [1.165, 1.54) is 163 Å². The van der Waals surface area contributed by atoms with Gasteiger partial charge in [0.15, 0.2) is 0 Å². The van der Waals surface area contributed by atoms with E-state index >= 15 is 0 Å². The lowest BCUT2D eigenvalue weighted by molar-refractivity contribution is 0.147. The second-order valence-corrected chi connectivity index (χ2v) is 27.7. The number of benzene rings is 8. The molecule has 466 valence electrons. The van der Waals surface area contributed by atoms with Crippen LogP contribution in [-0.2, 0) is 10.8 Å². The highest BCUT2D eigenvalue weighted by Crippen LogP contribution is 2.54. The van der Waals surface area contributed by atoms with Crippen LogP contribution in [0.15, 0.2) is 146 Å². The van der Waals surface area contributed by atoms with E-state index in [4.69, 9.17) is 41.9 Å². The SMILES string of the molecule is Cc1cc(C2(c3cc(C)c(Oc4ccc(N)cc4)c(C)c3)CCC(C3CCC(C)CC3)CC2)cc(C)c1Oc1ccc(N)cc1.Cc1cc(C2(c3cc(C)c(Oc4ccc(N)cc4)c(C)c3)CCC(C3CCCCC3)CC2)cc(C)c1Oc1ccc(N)cc1. The molecular formula is C81H98N4O4. The zero-order valence-corrected chi connectivity index (χ0v) is 54.7. The van der Waals surface area contributed by atoms with Gasteiger partial charge in [0.2, 0.25) is 0 Å². The summed E-state index contributed by atoms with van der Waals surface area (Å²) in [4.78, 5) is 0. The number of hydrogen-bond donors (Lipinski definition) is 4. The summed E-state index contributed by atoms with van der Waals surface area (Å²) < 4.78 is 25.7. The van der Waals surface area contributed by atoms with Crippen molar-refractivity contribution in [1.29, 1.82) is 0 Å². The first-order valence-corrected chi connectivity index (χ1v) is 33.4. The molecule has 0 aliphatic heterocycles. The number of nitrogen functional groups attached to an aromatic ring is 4. The van der Waals surface area contributed by atoms with Gasteiger partial charge in [-0.2, -0.15) is 0 Å². The fraction of sp³-hybridized carbons (Fsp3) is 0.407. The van der Waals surface area contributed by atoms with Gasteiger partial charge < -0.3 is 41.9 Å². The number of aryl methyl sites for hydroxylation is 8. The molecule has 8 heteroatoms. The molecule has 4 fully saturated rings. The minimum atomic E-state index is -0.0526. The molecule has 0 unspecified atom stereocenters. The van der Waals surface area contributed by atoms with Gasteiger partial charge in [0.25, 0.3) is 0 Å². The van der Waals surface area contributed by atoms with Crippen molar-refractivity contribution >= 4 is 22.7 Å². The Hall–Kier alpha value is -7.84. The number of rotatable bonds is 14. The molecule has 0 saturated heterocycles. The molecule has 0 heterocycles. The van der Waals surface area contributed by atoms with E-state index in [0.29, 0.717) is 0 Å². The Bertz CT molecular complexity index is 3410. The molecule has 0 bridgehead atoms. The Kier molecular flexibility index (Phi) is 19.1. The zero-order chi connectivity index (χ0) is 62.6. The lowest BCUT2D eigenvalue weighted by Gasteiger charge is -2.45. The number of anilines is 4. The van der Waals surface area contributed by atoms with Crippen LogP contribution in [0.3, 0.4) is 0 Å². The van der Waals surface area contributed by atoms with Gasteiger partial charge in [-0.1, -0.05) is 100 Å². The molecule has 4 aliphatic carbocycles. The number of nitrogens with two attached hydrogens (primary N) is 4. The molecule has 89 heavy (non-hydrogen) atoms. The third-order valence-corrected chi connectivity index (χ3v) is 21.3. The lowest BCUT2D eigenvalue weighted by Crippen LogP contribution is -2.36. The third-order valence-electron chi connectivity index (χ3n) is 21.3. The molecule has 0 aromatic heterocycles. The van der Waals surface area contributed by atoms with Gasteiger partial charge >= 0.3 is 0 Å². The summed E-state index contributed by atoms with van der Waals surface area (Å²) in [6.45, 7) is 19.9. The van der Waals surface area contributed by atoms with Crippen LogP contribution in [0.1, 0.15) is 183 Å². The van der Waals surface area contributed by atoms with Gasteiger partial charge in [-0.25, -0.2) is 0 Å². The second kappa shape index (κ2) is 27.1. The van der Waals surface area contributed by atoms with Crippen LogP contribution in [0.4, 0.5) is 22.7 Å². The molecule has 0 atom stereocenters. The predicted octanol–water partition coefficient (Wildman–Crippen LogP) is 21.7. The summed E-state index contributed by atoms with van der Waals surface area (Å²) in [5.41, 5.74) is 41.5. The minimum absolute atomic E-state index is 0.0460. The third kappa shape index (κ3) is 14.1. The van der Waals surface area contributed by atoms with Crippen molar-refractivity contribution in [3.63, 3.8) is 0 Å². The average molecular weight is 1190 g/mol. The lowest BCUT2D eigenvalue weighted by atomic mass is 9.59. The molecule has 8 aromatic carbocycles. The van der Waals surface area contributed by atoms with Gasteiger partial charge in [0, 0.05) is 33.6 Å². The van der Waals surface area contributed by atoms with Crippen LogP contribution in [0.5, 0.6) is 46.0 Å². The van der Waals surface area contributed by atoms with Crippen molar-refractivity contribution in [2.24, 2.45) is 29.6 Å². The van der Waals surface area contributed by atoms with Gasteiger partial charge in [0.05, 0.1) is 0 Å². The van der Waals surface area contributed by atoms with E-state index in [1.807, 2.05) is 97.1 Å². The van der Waals surface area contributed by atoms with E-state index in [2.05, 4.69) is 111 Å².